The van der Waals surface area contributed by atoms with Gasteiger partial charge in [0.25, 0.3) is 0 Å². The average Bonchev–Trinajstić information content (AvgIpc) is 3.17. The van der Waals surface area contributed by atoms with E-state index in [-0.39, 0.29) is 4.91 Å². The van der Waals surface area contributed by atoms with Crippen LogP contribution in [0.3, 0.4) is 0 Å². The summed E-state index contributed by atoms with van der Waals surface area (Å²) in [7, 11) is 0. The van der Waals surface area contributed by atoms with Crippen molar-refractivity contribution in [3.8, 4) is 0 Å². The van der Waals surface area contributed by atoms with Crippen LogP contribution >= 0.6 is 11.8 Å². The summed E-state index contributed by atoms with van der Waals surface area (Å²) < 4.78 is 5.70. The normalized spacial score (nSPS) is 11.7. The number of thioether (sulfide) groups is 1. The van der Waals surface area contributed by atoms with E-state index in [1.54, 1.807) is 6.07 Å². The summed E-state index contributed by atoms with van der Waals surface area (Å²) in [4.78, 5) is 17.8. The molecule has 0 bridgehead atoms. The Bertz CT molecular complexity index is 688. The third kappa shape index (κ3) is 4.38. The number of aliphatic carboxylic acids is 1. The van der Waals surface area contributed by atoms with E-state index in [4.69, 9.17) is 4.42 Å². The van der Waals surface area contributed by atoms with Gasteiger partial charge in [0.1, 0.15) is 16.5 Å². The van der Waals surface area contributed by atoms with Crippen molar-refractivity contribution in [1.82, 2.24) is 15.2 Å². The molecule has 0 fully saturated rings. The minimum Gasteiger partial charge on any atom is -0.477 e. The van der Waals surface area contributed by atoms with Gasteiger partial charge in [-0.2, -0.15) is 0 Å². The van der Waals surface area contributed by atoms with Gasteiger partial charge in [-0.3, -0.25) is 5.10 Å². The second kappa shape index (κ2) is 7.87. The Morgan fingerprint density at radius 3 is 2.70 bits per heavy atom. The molecule has 0 aliphatic carbocycles. The first kappa shape index (κ1) is 17.1. The molecule has 0 aromatic carbocycles. The molecule has 2 aromatic heterocycles. The number of aromatic amines is 1. The molecule has 0 amide bonds. The van der Waals surface area contributed by atoms with Crippen LogP contribution in [0.5, 0.6) is 0 Å². The van der Waals surface area contributed by atoms with Gasteiger partial charge in [-0.25, -0.2) is 9.78 Å². The quantitative estimate of drug-likeness (QED) is 0.565. The molecule has 124 valence electrons. The number of nitrogens with one attached hydrogen (secondary N) is 1. The molecule has 0 spiro atoms. The van der Waals surface area contributed by atoms with Gasteiger partial charge < -0.3 is 14.4 Å². The number of aromatic nitrogens is 3. The molecule has 0 aliphatic heterocycles. The first-order valence-corrected chi connectivity index (χ1v) is 8.27. The molecule has 0 unspecified atom stereocenters. The second-order valence-electron chi connectivity index (χ2n) is 4.68. The van der Waals surface area contributed by atoms with Crippen LogP contribution in [-0.2, 0) is 11.2 Å². The predicted molar refractivity (Wildman–Crippen MR) is 89.5 cm³/mol. The number of H-pyrrole nitrogens is 1. The van der Waals surface area contributed by atoms with E-state index < -0.39 is 5.97 Å². The van der Waals surface area contributed by atoms with Crippen LogP contribution in [0.2, 0.25) is 0 Å². The van der Waals surface area contributed by atoms with Crippen molar-refractivity contribution >= 4 is 29.7 Å². The molecule has 2 heterocycles. The van der Waals surface area contributed by atoms with Crippen molar-refractivity contribution < 1.29 is 14.3 Å². The zero-order valence-corrected chi connectivity index (χ0v) is 14.2. The maximum atomic E-state index is 11.4. The molecule has 0 radical (unpaired) electrons. The molecule has 0 saturated heterocycles. The lowest BCUT2D eigenvalue weighted by Gasteiger charge is -2.16. The molecule has 23 heavy (non-hydrogen) atoms. The van der Waals surface area contributed by atoms with E-state index >= 15 is 0 Å². The van der Waals surface area contributed by atoms with Crippen molar-refractivity contribution in [3.05, 3.63) is 28.6 Å². The van der Waals surface area contributed by atoms with Crippen LogP contribution in [0, 0.1) is 0 Å². The summed E-state index contributed by atoms with van der Waals surface area (Å²) in [5, 5.41) is 16.5. The van der Waals surface area contributed by atoms with Crippen LogP contribution < -0.4 is 4.90 Å². The molecule has 2 rings (SSSR count). The standard InChI is InChI=1S/C15H20N4O3S/c1-4-12-16-15(18-17-12)23-11(14(20)21)9-10-7-8-13(22-10)19(5-2)6-3/h7-9H,4-6H2,1-3H3,(H,20,21)(H,16,17,18)/b11-9-. The van der Waals surface area contributed by atoms with E-state index in [0.29, 0.717) is 17.3 Å². The maximum Gasteiger partial charge on any atom is 0.342 e. The number of carboxylic acid groups (broad SMARTS) is 1. The van der Waals surface area contributed by atoms with Gasteiger partial charge in [0.15, 0.2) is 5.88 Å². The van der Waals surface area contributed by atoms with E-state index in [0.717, 1.165) is 36.6 Å². The average molecular weight is 336 g/mol. The van der Waals surface area contributed by atoms with Crippen molar-refractivity contribution in [3.63, 3.8) is 0 Å². The fourth-order valence-electron chi connectivity index (χ4n) is 1.97. The summed E-state index contributed by atoms with van der Waals surface area (Å²) in [5.74, 6) is 0.892. The number of carboxylic acids is 1. The highest BCUT2D eigenvalue weighted by atomic mass is 32.2. The monoisotopic (exact) mass is 336 g/mol. The van der Waals surface area contributed by atoms with Crippen LogP contribution in [0.4, 0.5) is 5.88 Å². The highest BCUT2D eigenvalue weighted by Gasteiger charge is 2.15. The van der Waals surface area contributed by atoms with Crippen LogP contribution in [0.25, 0.3) is 6.08 Å². The molecule has 0 saturated carbocycles. The summed E-state index contributed by atoms with van der Waals surface area (Å²) in [6.07, 6.45) is 2.20. The Kier molecular flexibility index (Phi) is 5.86. The molecule has 2 aromatic rings. The fourth-order valence-corrected chi connectivity index (χ4v) is 2.68. The maximum absolute atomic E-state index is 11.4. The lowest BCUT2D eigenvalue weighted by atomic mass is 10.4. The molecule has 0 aliphatic rings. The summed E-state index contributed by atoms with van der Waals surface area (Å²) in [6, 6.07) is 3.59. The molecule has 8 heteroatoms. The van der Waals surface area contributed by atoms with Crippen LogP contribution in [0.15, 0.2) is 26.6 Å². The van der Waals surface area contributed by atoms with Crippen molar-refractivity contribution in [2.24, 2.45) is 0 Å². The molecule has 7 nitrogen and oxygen atoms in total. The SMILES string of the molecule is CCc1nc(S/C(=C\c2ccc(N(CC)CC)o2)C(=O)O)n[nH]1. The van der Waals surface area contributed by atoms with Gasteiger partial charge in [0.05, 0.1) is 0 Å². The van der Waals surface area contributed by atoms with Crippen LogP contribution in [-0.4, -0.2) is 39.3 Å². The third-order valence-electron chi connectivity index (χ3n) is 3.22. The van der Waals surface area contributed by atoms with E-state index in [9.17, 15) is 9.90 Å². The molecular weight excluding hydrogens is 316 g/mol. The van der Waals surface area contributed by atoms with Gasteiger partial charge in [0.2, 0.25) is 5.16 Å². The van der Waals surface area contributed by atoms with E-state index in [1.807, 2.05) is 31.7 Å². The van der Waals surface area contributed by atoms with Gasteiger partial charge >= 0.3 is 5.97 Å². The highest BCUT2D eigenvalue weighted by molar-refractivity contribution is 8.04. The number of hydrogen-bond acceptors (Lipinski definition) is 6. The van der Waals surface area contributed by atoms with Crippen molar-refractivity contribution in [2.45, 2.75) is 32.3 Å². The summed E-state index contributed by atoms with van der Waals surface area (Å²) in [6.45, 7) is 7.67. The number of nitrogens with zero attached hydrogens (tertiary/aromatic N) is 3. The van der Waals surface area contributed by atoms with Crippen molar-refractivity contribution in [2.75, 3.05) is 18.0 Å². The van der Waals surface area contributed by atoms with Gasteiger partial charge in [0, 0.05) is 31.7 Å². The van der Waals surface area contributed by atoms with Gasteiger partial charge in [-0.1, -0.05) is 6.92 Å². The smallest absolute Gasteiger partial charge is 0.342 e. The van der Waals surface area contributed by atoms with Crippen molar-refractivity contribution in [1.29, 1.82) is 0 Å². The largest absolute Gasteiger partial charge is 0.477 e. The summed E-state index contributed by atoms with van der Waals surface area (Å²) >= 11 is 0.992. The number of rotatable bonds is 8. The Hall–Kier alpha value is -2.22. The number of carbonyl (C=O) groups is 1. The number of aryl methyl sites for hydroxylation is 1. The Balaban J connectivity index is 2.20. The molecular formula is C15H20N4O3S. The Labute approximate surface area is 138 Å². The predicted octanol–water partition coefficient (Wildman–Crippen LogP) is 3.02. The number of hydrogen-bond donors (Lipinski definition) is 2. The minimum atomic E-state index is -1.04. The first-order chi connectivity index (χ1) is 11.1. The second-order valence-corrected chi connectivity index (χ2v) is 5.69. The van der Waals surface area contributed by atoms with E-state index in [2.05, 4.69) is 15.2 Å². The Morgan fingerprint density at radius 1 is 1.39 bits per heavy atom. The lowest BCUT2D eigenvalue weighted by Crippen LogP contribution is -2.20. The first-order valence-electron chi connectivity index (χ1n) is 7.46. The van der Waals surface area contributed by atoms with E-state index in [1.165, 1.54) is 6.08 Å². The zero-order chi connectivity index (χ0) is 16.8. The highest BCUT2D eigenvalue weighted by Crippen LogP contribution is 2.27. The lowest BCUT2D eigenvalue weighted by molar-refractivity contribution is -0.131. The third-order valence-corrected chi connectivity index (χ3v) is 4.10. The Morgan fingerprint density at radius 2 is 2.13 bits per heavy atom. The fraction of sp³-hybridized carbons (Fsp3) is 0.400. The number of anilines is 1. The minimum absolute atomic E-state index is 0.104. The molecule has 0 atom stereocenters. The molecule has 2 N–H and O–H groups in total. The topological polar surface area (TPSA) is 95.2 Å². The zero-order valence-electron chi connectivity index (χ0n) is 13.4. The van der Waals surface area contributed by atoms with Gasteiger partial charge in [-0.15, -0.1) is 5.10 Å². The van der Waals surface area contributed by atoms with Crippen LogP contribution in [0.1, 0.15) is 32.4 Å². The summed E-state index contributed by atoms with van der Waals surface area (Å²) in [5.41, 5.74) is 0. The van der Waals surface area contributed by atoms with Gasteiger partial charge in [-0.05, 0) is 31.7 Å². The number of furan rings is 1.